The molecule has 39 heavy (non-hydrogen) atoms. The molecule has 0 spiro atoms. The molecule has 6 rings (SSSR count). The number of nitrogens with one attached hydrogen (secondary N) is 2. The third-order valence-electron chi connectivity index (χ3n) is 8.52. The number of benzene rings is 1. The van der Waals surface area contributed by atoms with Crippen LogP contribution in [0.3, 0.4) is 0 Å². The van der Waals surface area contributed by atoms with Crippen molar-refractivity contribution in [2.24, 2.45) is 17.8 Å². The van der Waals surface area contributed by atoms with Gasteiger partial charge in [0.05, 0.1) is 0 Å². The number of H-pyrrole nitrogens is 1. The van der Waals surface area contributed by atoms with Gasteiger partial charge in [0.2, 0.25) is 11.6 Å². The Labute approximate surface area is 226 Å². The van der Waals surface area contributed by atoms with Gasteiger partial charge in [-0.3, -0.25) is 9.51 Å². The molecule has 2 N–H and O–H groups in total. The van der Waals surface area contributed by atoms with E-state index in [0.29, 0.717) is 34.7 Å². The van der Waals surface area contributed by atoms with Gasteiger partial charge in [0.1, 0.15) is 17.2 Å². The first kappa shape index (κ1) is 25.5. The lowest BCUT2D eigenvalue weighted by Crippen LogP contribution is -2.31. The van der Waals surface area contributed by atoms with E-state index in [-0.39, 0.29) is 23.5 Å². The Morgan fingerprint density at radius 2 is 1.90 bits per heavy atom. The predicted molar refractivity (Wildman–Crippen MR) is 148 cm³/mol. The van der Waals surface area contributed by atoms with Crippen LogP contribution in [0.5, 0.6) is 0 Å². The molecule has 1 atom stereocenters. The maximum absolute atomic E-state index is 13.7. The molecule has 2 fully saturated rings. The number of halogens is 1. The second kappa shape index (κ2) is 10.4. The van der Waals surface area contributed by atoms with Crippen LogP contribution in [0.25, 0.3) is 28.4 Å². The highest BCUT2D eigenvalue weighted by Gasteiger charge is 2.29. The Hall–Kier alpha value is -3.82. The smallest absolute Gasteiger partial charge is 0.365 e. The van der Waals surface area contributed by atoms with Gasteiger partial charge >= 0.3 is 5.76 Å². The zero-order valence-electron chi connectivity index (χ0n) is 22.4. The van der Waals surface area contributed by atoms with Gasteiger partial charge in [0.25, 0.3) is 0 Å². The van der Waals surface area contributed by atoms with E-state index in [1.54, 1.807) is 12.1 Å². The summed E-state index contributed by atoms with van der Waals surface area (Å²) < 4.78 is 20.6. The number of fused-ring (bicyclic) bond motifs is 1. The number of hydrogen-bond donors (Lipinski definition) is 2. The third kappa shape index (κ3) is 5.12. The summed E-state index contributed by atoms with van der Waals surface area (Å²) in [5.74, 6) is 2.52. The van der Waals surface area contributed by atoms with Crippen LogP contribution < -0.4 is 11.1 Å². The minimum atomic E-state index is -0.673. The molecule has 9 nitrogen and oxygen atoms in total. The van der Waals surface area contributed by atoms with Crippen LogP contribution in [0.4, 0.5) is 10.2 Å². The number of aromatic nitrogens is 6. The molecule has 2 aliphatic carbocycles. The molecule has 2 aliphatic rings. The van der Waals surface area contributed by atoms with Gasteiger partial charge in [-0.2, -0.15) is 0 Å². The number of rotatable bonds is 8. The first-order valence-electron chi connectivity index (χ1n) is 13.9. The lowest BCUT2D eigenvalue weighted by Gasteiger charge is -2.32. The van der Waals surface area contributed by atoms with E-state index in [1.807, 2.05) is 0 Å². The molecule has 0 saturated heterocycles. The highest BCUT2D eigenvalue weighted by atomic mass is 19.1. The SMILES string of the molecule is C=C(c1ccc(F)cc1)c1nc2nc(-c3noc(=O)[nH]3)nc(N[C@H](C)C3CCC3)c2n1CC1CCC(C)CC1. The van der Waals surface area contributed by atoms with E-state index in [1.165, 1.54) is 44.2 Å². The van der Waals surface area contributed by atoms with Gasteiger partial charge in [-0.15, -0.1) is 0 Å². The average Bonchev–Trinajstić information content (AvgIpc) is 3.48. The van der Waals surface area contributed by atoms with E-state index in [9.17, 15) is 9.18 Å². The summed E-state index contributed by atoms with van der Waals surface area (Å²) in [5.41, 5.74) is 2.75. The molecule has 2 saturated carbocycles. The lowest BCUT2D eigenvalue weighted by atomic mass is 9.80. The van der Waals surface area contributed by atoms with Crippen molar-refractivity contribution in [2.45, 2.75) is 71.4 Å². The molecule has 204 valence electrons. The molecule has 0 aliphatic heterocycles. The maximum atomic E-state index is 13.7. The predicted octanol–water partition coefficient (Wildman–Crippen LogP) is 5.80. The molecule has 4 aromatic rings. The summed E-state index contributed by atoms with van der Waals surface area (Å²) in [6.07, 6.45) is 8.29. The number of hydrogen-bond acceptors (Lipinski definition) is 7. The molecular formula is C29H34FN7O2. The van der Waals surface area contributed by atoms with Gasteiger partial charge in [-0.25, -0.2) is 24.1 Å². The van der Waals surface area contributed by atoms with Crippen LogP contribution in [0, 0.1) is 23.6 Å². The fourth-order valence-electron chi connectivity index (χ4n) is 5.80. The van der Waals surface area contributed by atoms with Crippen LogP contribution in [0.15, 0.2) is 40.2 Å². The second-order valence-electron chi connectivity index (χ2n) is 11.3. The quantitative estimate of drug-likeness (QED) is 0.295. The Kier molecular flexibility index (Phi) is 6.78. The highest BCUT2D eigenvalue weighted by Crippen LogP contribution is 2.36. The van der Waals surface area contributed by atoms with Gasteiger partial charge in [0, 0.05) is 18.2 Å². The lowest BCUT2D eigenvalue weighted by molar-refractivity contribution is 0.266. The van der Waals surface area contributed by atoms with Gasteiger partial charge in [0.15, 0.2) is 11.5 Å². The highest BCUT2D eigenvalue weighted by molar-refractivity contribution is 5.89. The zero-order valence-corrected chi connectivity index (χ0v) is 22.4. The minimum Gasteiger partial charge on any atom is -0.365 e. The van der Waals surface area contributed by atoms with Crippen molar-refractivity contribution in [3.63, 3.8) is 0 Å². The van der Waals surface area contributed by atoms with Crippen molar-refractivity contribution in [3.8, 4) is 11.6 Å². The Morgan fingerprint density at radius 1 is 1.15 bits per heavy atom. The summed E-state index contributed by atoms with van der Waals surface area (Å²) >= 11 is 0. The Bertz CT molecular complexity index is 1540. The standard InChI is InChI=1S/C29H34FN7O2/c1-16-7-9-19(10-8-16)15-37-23-24(31-18(3)21-5-4-6-21)32-26(27-35-29(38)39-36-27)33-25(23)34-28(37)17(2)20-11-13-22(30)14-12-20/h11-14,16,18-19,21H,2,4-10,15H2,1,3H3,(H,31,32,33)(H,35,36,38)/t16?,18-,19?/m1/s1. The number of anilines is 1. The summed E-state index contributed by atoms with van der Waals surface area (Å²) in [7, 11) is 0. The second-order valence-corrected chi connectivity index (χ2v) is 11.3. The largest absolute Gasteiger partial charge is 0.439 e. The Morgan fingerprint density at radius 3 is 2.54 bits per heavy atom. The van der Waals surface area contributed by atoms with Crippen molar-refractivity contribution in [3.05, 3.63) is 58.6 Å². The van der Waals surface area contributed by atoms with E-state index in [0.717, 1.165) is 36.4 Å². The van der Waals surface area contributed by atoms with Gasteiger partial charge in [-0.1, -0.05) is 50.1 Å². The summed E-state index contributed by atoms with van der Waals surface area (Å²) in [6, 6.07) is 6.51. The first-order valence-corrected chi connectivity index (χ1v) is 13.9. The molecule has 0 unspecified atom stereocenters. The number of nitrogens with zero attached hydrogens (tertiary/aromatic N) is 5. The van der Waals surface area contributed by atoms with Crippen LogP contribution >= 0.6 is 0 Å². The molecule has 10 heteroatoms. The van der Waals surface area contributed by atoms with E-state index >= 15 is 0 Å². The molecule has 0 radical (unpaired) electrons. The topological polar surface area (TPSA) is 115 Å². The third-order valence-corrected chi connectivity index (χ3v) is 8.52. The fourth-order valence-corrected chi connectivity index (χ4v) is 5.80. The number of imidazole rings is 1. The Balaban J connectivity index is 1.50. The fraction of sp³-hybridized carbons (Fsp3) is 0.483. The molecule has 3 aromatic heterocycles. The van der Waals surface area contributed by atoms with Gasteiger partial charge in [-0.05, 0) is 68.1 Å². The van der Waals surface area contributed by atoms with Crippen LogP contribution in [-0.4, -0.2) is 35.7 Å². The molecule has 0 amide bonds. The van der Waals surface area contributed by atoms with E-state index in [2.05, 4.69) is 40.5 Å². The van der Waals surface area contributed by atoms with Crippen molar-refractivity contribution < 1.29 is 8.91 Å². The number of aromatic amines is 1. The minimum absolute atomic E-state index is 0.149. The van der Waals surface area contributed by atoms with Crippen LogP contribution in [0.2, 0.25) is 0 Å². The van der Waals surface area contributed by atoms with Crippen molar-refractivity contribution in [1.29, 1.82) is 0 Å². The summed E-state index contributed by atoms with van der Waals surface area (Å²) in [6.45, 7) is 9.62. The van der Waals surface area contributed by atoms with Crippen LogP contribution in [-0.2, 0) is 6.54 Å². The summed E-state index contributed by atoms with van der Waals surface area (Å²) in [5, 5.41) is 7.46. The molecule has 3 heterocycles. The van der Waals surface area contributed by atoms with E-state index < -0.39 is 5.76 Å². The van der Waals surface area contributed by atoms with Crippen molar-refractivity contribution >= 4 is 22.6 Å². The van der Waals surface area contributed by atoms with Crippen molar-refractivity contribution in [1.82, 2.24) is 29.7 Å². The molecular weight excluding hydrogens is 497 g/mol. The zero-order chi connectivity index (χ0) is 27.1. The maximum Gasteiger partial charge on any atom is 0.439 e. The van der Waals surface area contributed by atoms with Crippen LogP contribution in [0.1, 0.15) is 70.2 Å². The van der Waals surface area contributed by atoms with E-state index in [4.69, 9.17) is 19.5 Å². The summed E-state index contributed by atoms with van der Waals surface area (Å²) in [4.78, 5) is 28.7. The van der Waals surface area contributed by atoms with Gasteiger partial charge < -0.3 is 9.88 Å². The average molecular weight is 532 g/mol. The van der Waals surface area contributed by atoms with Crippen molar-refractivity contribution in [2.75, 3.05) is 5.32 Å². The molecule has 0 bridgehead atoms. The first-order chi connectivity index (χ1) is 18.9. The monoisotopic (exact) mass is 531 g/mol. The normalized spacial score (nSPS) is 20.6. The molecule has 1 aromatic carbocycles.